The Balaban J connectivity index is 2.25. The number of hydrogen-bond acceptors (Lipinski definition) is 4. The van der Waals surface area contributed by atoms with Gasteiger partial charge in [-0.05, 0) is 31.0 Å². The van der Waals surface area contributed by atoms with Gasteiger partial charge in [-0.2, -0.15) is 4.98 Å². The summed E-state index contributed by atoms with van der Waals surface area (Å²) in [5.74, 6) is 0.634. The molecule has 0 saturated heterocycles. The van der Waals surface area contributed by atoms with Gasteiger partial charge in [-0.15, -0.1) is 0 Å². The zero-order chi connectivity index (χ0) is 14.5. The van der Waals surface area contributed by atoms with Gasteiger partial charge in [0.25, 0.3) is 0 Å². The lowest BCUT2D eigenvalue weighted by atomic mass is 10.2. The molecule has 0 fully saturated rings. The first-order valence-electron chi connectivity index (χ1n) is 6.39. The first-order chi connectivity index (χ1) is 9.60. The Labute approximate surface area is 122 Å². The maximum Gasteiger partial charge on any atom is 0.224 e. The lowest BCUT2D eigenvalue weighted by Gasteiger charge is -2.11. The van der Waals surface area contributed by atoms with Crippen LogP contribution in [-0.2, 0) is 0 Å². The van der Waals surface area contributed by atoms with E-state index >= 15 is 0 Å². The maximum atomic E-state index is 13.3. The predicted octanol–water partition coefficient (Wildman–Crippen LogP) is 4.14. The molecule has 0 atom stereocenters. The highest BCUT2D eigenvalue weighted by Gasteiger charge is 2.08. The van der Waals surface area contributed by atoms with Crippen LogP contribution < -0.4 is 10.6 Å². The van der Waals surface area contributed by atoms with E-state index in [0.717, 1.165) is 18.5 Å². The lowest BCUT2D eigenvalue weighted by Crippen LogP contribution is -2.06. The topological polar surface area (TPSA) is 49.8 Å². The van der Waals surface area contributed by atoms with Crippen LogP contribution in [0.4, 0.5) is 21.8 Å². The summed E-state index contributed by atoms with van der Waals surface area (Å²) in [6.45, 7) is 4.71. The van der Waals surface area contributed by atoms with Gasteiger partial charge in [0.15, 0.2) is 5.82 Å². The molecule has 4 nitrogen and oxygen atoms in total. The fourth-order valence-corrected chi connectivity index (χ4v) is 1.77. The molecule has 0 saturated carbocycles. The van der Waals surface area contributed by atoms with Gasteiger partial charge < -0.3 is 10.6 Å². The zero-order valence-corrected chi connectivity index (χ0v) is 12.1. The van der Waals surface area contributed by atoms with E-state index < -0.39 is 0 Å². The predicted molar refractivity (Wildman–Crippen MR) is 80.2 cm³/mol. The van der Waals surface area contributed by atoms with Crippen molar-refractivity contribution in [2.24, 2.45) is 0 Å². The van der Waals surface area contributed by atoms with Crippen LogP contribution >= 0.6 is 11.6 Å². The fraction of sp³-hybridized carbons (Fsp3) is 0.286. The van der Waals surface area contributed by atoms with Crippen LogP contribution in [0.25, 0.3) is 0 Å². The summed E-state index contributed by atoms with van der Waals surface area (Å²) in [5.41, 5.74) is 1.54. The first-order valence-corrected chi connectivity index (χ1v) is 6.77. The Bertz CT molecular complexity index is 604. The minimum absolute atomic E-state index is 0.312. The number of anilines is 3. The number of hydrogen-bond donors (Lipinski definition) is 2. The molecule has 0 aliphatic heterocycles. The second-order valence-electron chi connectivity index (χ2n) is 4.40. The van der Waals surface area contributed by atoms with Crippen LogP contribution in [0, 0.1) is 12.7 Å². The number of halogens is 2. The number of aromatic nitrogens is 2. The van der Waals surface area contributed by atoms with Gasteiger partial charge in [0.1, 0.15) is 10.8 Å². The molecule has 1 aromatic heterocycles. The highest BCUT2D eigenvalue weighted by molar-refractivity contribution is 6.32. The molecule has 2 N–H and O–H groups in total. The summed E-state index contributed by atoms with van der Waals surface area (Å²) in [6, 6.07) is 4.52. The van der Waals surface area contributed by atoms with Gasteiger partial charge >= 0.3 is 0 Å². The molecule has 0 unspecified atom stereocenters. The van der Waals surface area contributed by atoms with E-state index in [1.807, 2.05) is 6.92 Å². The van der Waals surface area contributed by atoms with E-state index in [4.69, 9.17) is 11.6 Å². The van der Waals surface area contributed by atoms with Gasteiger partial charge in [-0.1, -0.05) is 24.6 Å². The number of rotatable bonds is 5. The van der Waals surface area contributed by atoms with E-state index in [-0.39, 0.29) is 5.82 Å². The van der Waals surface area contributed by atoms with Crippen LogP contribution in [0.5, 0.6) is 0 Å². The van der Waals surface area contributed by atoms with Gasteiger partial charge in [0.05, 0.1) is 6.20 Å². The Morgan fingerprint density at radius 1 is 1.35 bits per heavy atom. The fourth-order valence-electron chi connectivity index (χ4n) is 1.63. The van der Waals surface area contributed by atoms with Crippen LogP contribution in [0.3, 0.4) is 0 Å². The minimum atomic E-state index is -0.312. The largest absolute Gasteiger partial charge is 0.354 e. The van der Waals surface area contributed by atoms with E-state index in [1.54, 1.807) is 6.07 Å². The Hall–Kier alpha value is -1.88. The first kappa shape index (κ1) is 14.5. The zero-order valence-electron chi connectivity index (χ0n) is 11.4. The molecule has 1 heterocycles. The molecule has 0 amide bonds. The highest BCUT2D eigenvalue weighted by atomic mass is 35.5. The normalized spacial score (nSPS) is 10.4. The molecule has 2 aromatic rings. The molecular formula is C14H16ClFN4. The summed E-state index contributed by atoms with van der Waals surface area (Å²) >= 11 is 6.06. The second-order valence-corrected chi connectivity index (χ2v) is 4.81. The van der Waals surface area contributed by atoms with E-state index in [1.165, 1.54) is 18.3 Å². The van der Waals surface area contributed by atoms with Crippen molar-refractivity contribution >= 4 is 29.1 Å². The summed E-state index contributed by atoms with van der Waals surface area (Å²) < 4.78 is 13.3. The Kier molecular flexibility index (Phi) is 4.74. The molecule has 20 heavy (non-hydrogen) atoms. The van der Waals surface area contributed by atoms with Crippen molar-refractivity contribution in [1.82, 2.24) is 9.97 Å². The van der Waals surface area contributed by atoms with Crippen molar-refractivity contribution < 1.29 is 4.39 Å². The molecule has 2 rings (SSSR count). The van der Waals surface area contributed by atoms with Gasteiger partial charge in [-0.3, -0.25) is 0 Å². The quantitative estimate of drug-likeness (QED) is 0.870. The molecule has 6 heteroatoms. The average Bonchev–Trinajstić information content (AvgIpc) is 2.43. The molecule has 0 radical (unpaired) electrons. The van der Waals surface area contributed by atoms with Crippen molar-refractivity contribution in [3.8, 4) is 0 Å². The van der Waals surface area contributed by atoms with E-state index in [0.29, 0.717) is 22.5 Å². The van der Waals surface area contributed by atoms with Crippen molar-refractivity contribution in [2.45, 2.75) is 20.3 Å². The smallest absolute Gasteiger partial charge is 0.224 e. The molecular weight excluding hydrogens is 279 g/mol. The van der Waals surface area contributed by atoms with Crippen LogP contribution in [0.1, 0.15) is 18.9 Å². The summed E-state index contributed by atoms with van der Waals surface area (Å²) in [4.78, 5) is 8.38. The lowest BCUT2D eigenvalue weighted by molar-refractivity contribution is 0.628. The number of aryl methyl sites for hydroxylation is 1. The average molecular weight is 295 g/mol. The summed E-state index contributed by atoms with van der Waals surface area (Å²) in [5, 5.41) is 6.50. The molecule has 0 bridgehead atoms. The van der Waals surface area contributed by atoms with Crippen LogP contribution in [0.15, 0.2) is 24.4 Å². The highest BCUT2D eigenvalue weighted by Crippen LogP contribution is 2.26. The van der Waals surface area contributed by atoms with E-state index in [9.17, 15) is 4.39 Å². The number of nitrogens with zero attached hydrogens (tertiary/aromatic N) is 2. The standard InChI is InChI=1S/C14H16ClFN4/c1-3-6-17-14-18-8-11(15)13(20-14)19-12-7-10(16)5-4-9(12)2/h4-5,7-8H,3,6H2,1-2H3,(H2,17,18,19,20). The van der Waals surface area contributed by atoms with Crippen molar-refractivity contribution in [3.63, 3.8) is 0 Å². The molecule has 0 aliphatic carbocycles. The maximum absolute atomic E-state index is 13.3. The Morgan fingerprint density at radius 2 is 2.15 bits per heavy atom. The minimum Gasteiger partial charge on any atom is -0.354 e. The van der Waals surface area contributed by atoms with Gasteiger partial charge in [0.2, 0.25) is 5.95 Å². The van der Waals surface area contributed by atoms with Gasteiger partial charge in [-0.25, -0.2) is 9.37 Å². The Morgan fingerprint density at radius 3 is 2.90 bits per heavy atom. The molecule has 106 valence electrons. The molecule has 0 aliphatic rings. The SMILES string of the molecule is CCCNc1ncc(Cl)c(Nc2cc(F)ccc2C)n1. The second kappa shape index (κ2) is 6.52. The van der Waals surface area contributed by atoms with Crippen LogP contribution in [-0.4, -0.2) is 16.5 Å². The van der Waals surface area contributed by atoms with Crippen molar-refractivity contribution in [1.29, 1.82) is 0 Å². The number of benzene rings is 1. The third kappa shape index (κ3) is 3.57. The molecule has 0 spiro atoms. The van der Waals surface area contributed by atoms with Gasteiger partial charge in [0, 0.05) is 12.2 Å². The summed E-state index contributed by atoms with van der Waals surface area (Å²) in [7, 11) is 0. The molecule has 1 aromatic carbocycles. The number of nitrogens with one attached hydrogen (secondary N) is 2. The van der Waals surface area contributed by atoms with Crippen molar-refractivity contribution in [3.05, 3.63) is 40.8 Å². The third-order valence-electron chi connectivity index (χ3n) is 2.73. The third-order valence-corrected chi connectivity index (χ3v) is 3.01. The van der Waals surface area contributed by atoms with Crippen LogP contribution in [0.2, 0.25) is 5.02 Å². The van der Waals surface area contributed by atoms with E-state index in [2.05, 4.69) is 27.5 Å². The monoisotopic (exact) mass is 294 g/mol. The summed E-state index contributed by atoms with van der Waals surface area (Å²) in [6.07, 6.45) is 2.49. The van der Waals surface area contributed by atoms with Crippen molar-refractivity contribution in [2.75, 3.05) is 17.2 Å².